The highest BCUT2D eigenvalue weighted by molar-refractivity contribution is 5.22. The number of hydrogen-bond acceptors (Lipinski definition) is 1. The highest BCUT2D eigenvalue weighted by Crippen LogP contribution is 2.05. The molecular weight excluding hydrogens is 282 g/mol. The fraction of sp³-hybridized carbons (Fsp3) is 0.176. The Balaban J connectivity index is 0.00000161. The van der Waals surface area contributed by atoms with Gasteiger partial charge in [-0.2, -0.15) is 0 Å². The molecule has 0 saturated heterocycles. The van der Waals surface area contributed by atoms with E-state index in [2.05, 4.69) is 71.4 Å². The molecule has 0 bridgehead atoms. The van der Waals surface area contributed by atoms with Gasteiger partial charge in [-0.3, -0.25) is 0 Å². The predicted octanol–water partition coefficient (Wildman–Crippen LogP) is -0.420. The van der Waals surface area contributed by atoms with Gasteiger partial charge in [-0.25, -0.2) is 4.57 Å². The smallest absolute Gasteiger partial charge is 0.265 e. The van der Waals surface area contributed by atoms with Gasteiger partial charge in [-0.15, -0.1) is 4.68 Å². The zero-order valence-corrected chi connectivity index (χ0v) is 12.7. The van der Waals surface area contributed by atoms with Crippen molar-refractivity contribution >= 4 is 0 Å². The second-order valence-electron chi connectivity index (χ2n) is 5.09. The maximum Gasteiger partial charge on any atom is 0.265 e. The quantitative estimate of drug-likeness (QED) is 0.600. The summed E-state index contributed by atoms with van der Waals surface area (Å²) in [6.07, 6.45) is 3.93. The van der Waals surface area contributed by atoms with Crippen LogP contribution in [0.25, 0.3) is 0 Å². The predicted molar refractivity (Wildman–Crippen MR) is 78.2 cm³/mol. The van der Waals surface area contributed by atoms with Crippen molar-refractivity contribution < 1.29 is 17.0 Å². The Hall–Kier alpha value is -2.13. The molecule has 0 amide bonds. The number of halogens is 1. The molecule has 1 heterocycles. The average molecular weight is 300 g/mol. The second-order valence-corrected chi connectivity index (χ2v) is 5.09. The van der Waals surface area contributed by atoms with E-state index in [4.69, 9.17) is 0 Å². The number of nitrogens with zero attached hydrogens (tertiary/aromatic N) is 3. The van der Waals surface area contributed by atoms with Gasteiger partial charge in [0.05, 0.1) is 6.54 Å². The van der Waals surface area contributed by atoms with Gasteiger partial charge < -0.3 is 12.4 Å². The van der Waals surface area contributed by atoms with Crippen LogP contribution in [-0.2, 0) is 13.1 Å². The van der Waals surface area contributed by atoms with Crippen LogP contribution in [0.1, 0.15) is 16.7 Å². The van der Waals surface area contributed by atoms with Crippen molar-refractivity contribution in [2.75, 3.05) is 0 Å². The topological polar surface area (TPSA) is 21.7 Å². The van der Waals surface area contributed by atoms with Crippen molar-refractivity contribution in [3.05, 3.63) is 83.9 Å². The lowest BCUT2D eigenvalue weighted by molar-refractivity contribution is -0.689. The first-order valence-corrected chi connectivity index (χ1v) is 6.80. The largest absolute Gasteiger partial charge is 1.00 e. The van der Waals surface area contributed by atoms with Crippen LogP contribution in [0.3, 0.4) is 0 Å². The molecule has 0 aliphatic heterocycles. The van der Waals surface area contributed by atoms with Crippen LogP contribution in [-0.4, -0.2) is 9.78 Å². The van der Waals surface area contributed by atoms with Gasteiger partial charge in [-0.1, -0.05) is 60.2 Å². The van der Waals surface area contributed by atoms with Gasteiger partial charge >= 0.3 is 0 Å². The third kappa shape index (κ3) is 4.17. The molecule has 4 heteroatoms. The van der Waals surface area contributed by atoms with E-state index in [1.54, 1.807) is 0 Å². The lowest BCUT2D eigenvalue weighted by atomic mass is 10.1. The lowest BCUT2D eigenvalue weighted by Gasteiger charge is -1.98. The maximum atomic E-state index is 4.42. The summed E-state index contributed by atoms with van der Waals surface area (Å²) in [5.74, 6) is 0. The van der Waals surface area contributed by atoms with E-state index in [1.165, 1.54) is 16.7 Å². The monoisotopic (exact) mass is 299 g/mol. The molecule has 0 atom stereocenters. The molecule has 0 aliphatic carbocycles. The molecule has 0 fully saturated rings. The molecule has 1 aromatic heterocycles. The first-order chi connectivity index (χ1) is 9.79. The Morgan fingerprint density at radius 2 is 1.76 bits per heavy atom. The summed E-state index contributed by atoms with van der Waals surface area (Å²) < 4.78 is 4.07. The minimum Gasteiger partial charge on any atom is -1.00 e. The SMILES string of the molecule is Cc1cccc(Cn2c[n+](Cc3ccccc3)cn2)c1.[Cl-]. The van der Waals surface area contributed by atoms with E-state index in [0.29, 0.717) is 0 Å². The van der Waals surface area contributed by atoms with Crippen molar-refractivity contribution in [1.29, 1.82) is 0 Å². The highest BCUT2D eigenvalue weighted by Gasteiger charge is 2.07. The summed E-state index contributed by atoms with van der Waals surface area (Å²) in [4.78, 5) is 0. The molecule has 3 nitrogen and oxygen atoms in total. The summed E-state index contributed by atoms with van der Waals surface area (Å²) in [6.45, 7) is 3.78. The van der Waals surface area contributed by atoms with Crippen molar-refractivity contribution in [1.82, 2.24) is 9.78 Å². The molecule has 21 heavy (non-hydrogen) atoms. The standard InChI is InChI=1S/C17H18N3.ClH/c1-15-6-5-9-17(10-15)12-20-14-19(13-18-20)11-16-7-3-2-4-8-16;/h2-10,13-14H,11-12H2,1H3;1H/q+1;/p-1. The number of hydrogen-bond donors (Lipinski definition) is 0. The Morgan fingerprint density at radius 3 is 2.52 bits per heavy atom. The van der Waals surface area contributed by atoms with Crippen LogP contribution in [0.2, 0.25) is 0 Å². The Labute approximate surface area is 131 Å². The van der Waals surface area contributed by atoms with Gasteiger partial charge in [0.25, 0.3) is 6.33 Å². The minimum absolute atomic E-state index is 0. The molecule has 0 aliphatic rings. The number of aryl methyl sites for hydroxylation is 1. The van der Waals surface area contributed by atoms with Crippen molar-refractivity contribution in [3.8, 4) is 0 Å². The molecule has 108 valence electrons. The maximum absolute atomic E-state index is 4.42. The number of aromatic nitrogens is 3. The van der Waals surface area contributed by atoms with E-state index in [-0.39, 0.29) is 12.4 Å². The molecular formula is C17H18ClN3. The van der Waals surface area contributed by atoms with Gasteiger partial charge in [0.1, 0.15) is 6.54 Å². The molecule has 2 aromatic carbocycles. The summed E-state index contributed by atoms with van der Waals surface area (Å²) >= 11 is 0. The van der Waals surface area contributed by atoms with Gasteiger partial charge in [-0.05, 0) is 18.1 Å². The van der Waals surface area contributed by atoms with E-state index in [9.17, 15) is 0 Å². The van der Waals surface area contributed by atoms with E-state index >= 15 is 0 Å². The van der Waals surface area contributed by atoms with Gasteiger partial charge in [0.2, 0.25) is 6.33 Å². The highest BCUT2D eigenvalue weighted by atomic mass is 35.5. The normalized spacial score (nSPS) is 10.1. The van der Waals surface area contributed by atoms with Gasteiger partial charge in [0, 0.05) is 5.10 Å². The second kappa shape index (κ2) is 7.04. The van der Waals surface area contributed by atoms with E-state index in [0.717, 1.165) is 13.1 Å². The molecule has 0 radical (unpaired) electrons. The number of rotatable bonds is 4. The van der Waals surface area contributed by atoms with E-state index < -0.39 is 0 Å². The minimum atomic E-state index is 0. The van der Waals surface area contributed by atoms with Crippen molar-refractivity contribution in [3.63, 3.8) is 0 Å². The van der Waals surface area contributed by atoms with Crippen LogP contribution in [0.5, 0.6) is 0 Å². The Bertz CT molecular complexity index is 692. The third-order valence-corrected chi connectivity index (χ3v) is 3.26. The fourth-order valence-corrected chi connectivity index (χ4v) is 2.32. The average Bonchev–Trinajstić information content (AvgIpc) is 2.87. The first-order valence-electron chi connectivity index (χ1n) is 6.80. The Kier molecular flexibility index (Phi) is 5.12. The van der Waals surface area contributed by atoms with Crippen LogP contribution >= 0.6 is 0 Å². The summed E-state index contributed by atoms with van der Waals surface area (Å²) in [6, 6.07) is 19.0. The van der Waals surface area contributed by atoms with Crippen LogP contribution in [0.4, 0.5) is 0 Å². The molecule has 0 N–H and O–H groups in total. The Morgan fingerprint density at radius 1 is 1.00 bits per heavy atom. The zero-order valence-electron chi connectivity index (χ0n) is 12.0. The van der Waals surface area contributed by atoms with Crippen molar-refractivity contribution in [2.24, 2.45) is 0 Å². The van der Waals surface area contributed by atoms with Crippen molar-refractivity contribution in [2.45, 2.75) is 20.0 Å². The van der Waals surface area contributed by atoms with Crippen LogP contribution in [0, 0.1) is 6.92 Å². The zero-order chi connectivity index (χ0) is 13.8. The van der Waals surface area contributed by atoms with Crippen LogP contribution in [0.15, 0.2) is 67.3 Å². The van der Waals surface area contributed by atoms with Crippen LogP contribution < -0.4 is 17.0 Å². The molecule has 0 spiro atoms. The third-order valence-electron chi connectivity index (χ3n) is 3.26. The summed E-state index contributed by atoms with van der Waals surface area (Å²) in [5.41, 5.74) is 3.85. The molecule has 0 unspecified atom stereocenters. The summed E-state index contributed by atoms with van der Waals surface area (Å²) in [5, 5.41) is 4.42. The first kappa shape index (κ1) is 15.3. The number of benzene rings is 2. The molecule has 3 aromatic rings. The molecule has 0 saturated carbocycles. The summed E-state index contributed by atoms with van der Waals surface area (Å²) in [7, 11) is 0. The van der Waals surface area contributed by atoms with E-state index in [1.807, 2.05) is 17.1 Å². The fourth-order valence-electron chi connectivity index (χ4n) is 2.32. The molecule has 3 rings (SSSR count). The van der Waals surface area contributed by atoms with Gasteiger partial charge in [0.15, 0.2) is 0 Å². The lowest BCUT2D eigenvalue weighted by Crippen LogP contribution is -3.00.